The third-order valence-corrected chi connectivity index (χ3v) is 3.18. The highest BCUT2D eigenvalue weighted by Crippen LogP contribution is 2.16. The molecule has 2 rings (SSSR count). The van der Waals surface area contributed by atoms with Crippen molar-refractivity contribution in [3.63, 3.8) is 0 Å². The number of piperidine rings is 2. The monoisotopic (exact) mass is 240 g/mol. The number of rotatable bonds is 1. The zero-order chi connectivity index (χ0) is 8.23. The zero-order valence-electron chi connectivity index (χ0n) is 8.71. The number of nitrogens with one attached hydrogen (secondary N) is 1. The second kappa shape index (κ2) is 7.75. The van der Waals surface area contributed by atoms with Crippen LogP contribution in [-0.4, -0.2) is 37.1 Å². The van der Waals surface area contributed by atoms with E-state index in [0.717, 1.165) is 6.04 Å². The van der Waals surface area contributed by atoms with Crippen molar-refractivity contribution < 1.29 is 0 Å². The fraction of sp³-hybridized carbons (Fsp3) is 1.00. The molecule has 2 nitrogen and oxygen atoms in total. The molecule has 0 aliphatic carbocycles. The molecule has 14 heavy (non-hydrogen) atoms. The van der Waals surface area contributed by atoms with Crippen molar-refractivity contribution >= 4 is 24.8 Å². The van der Waals surface area contributed by atoms with Crippen molar-refractivity contribution in [3.05, 3.63) is 0 Å². The molecular formula is C10H22Cl2N2. The molecule has 2 saturated heterocycles. The molecule has 0 amide bonds. The van der Waals surface area contributed by atoms with E-state index in [0.29, 0.717) is 0 Å². The number of halogens is 2. The first-order valence-electron chi connectivity index (χ1n) is 5.41. The van der Waals surface area contributed by atoms with Crippen LogP contribution in [0.25, 0.3) is 0 Å². The summed E-state index contributed by atoms with van der Waals surface area (Å²) >= 11 is 0. The molecule has 0 bridgehead atoms. The summed E-state index contributed by atoms with van der Waals surface area (Å²) in [5.74, 6) is 0. The molecule has 0 aromatic heterocycles. The van der Waals surface area contributed by atoms with Gasteiger partial charge in [-0.25, -0.2) is 0 Å². The van der Waals surface area contributed by atoms with Gasteiger partial charge in [-0.15, -0.1) is 24.8 Å². The van der Waals surface area contributed by atoms with E-state index < -0.39 is 0 Å². The van der Waals surface area contributed by atoms with Gasteiger partial charge in [0.05, 0.1) is 0 Å². The summed E-state index contributed by atoms with van der Waals surface area (Å²) in [6.45, 7) is 5.18. The molecule has 1 unspecified atom stereocenters. The topological polar surface area (TPSA) is 15.3 Å². The average Bonchev–Trinajstić information content (AvgIpc) is 2.21. The molecule has 2 aliphatic heterocycles. The summed E-state index contributed by atoms with van der Waals surface area (Å²) in [6.07, 6.45) is 7.11. The minimum atomic E-state index is 0. The minimum Gasteiger partial charge on any atom is -0.315 e. The van der Waals surface area contributed by atoms with Gasteiger partial charge in [-0.2, -0.15) is 0 Å². The van der Waals surface area contributed by atoms with Crippen molar-refractivity contribution in [1.29, 1.82) is 0 Å². The summed E-state index contributed by atoms with van der Waals surface area (Å²) in [6, 6.07) is 0.860. The van der Waals surface area contributed by atoms with Gasteiger partial charge in [0, 0.05) is 12.6 Å². The van der Waals surface area contributed by atoms with E-state index in [1.54, 1.807) is 0 Å². The Bertz CT molecular complexity index is 116. The fourth-order valence-corrected chi connectivity index (χ4v) is 2.43. The standard InChI is InChI=1S/C10H20N2.2ClH/c1-2-7-12(8-3-1)10-5-4-6-11-9-10;;/h10-11H,1-9H2;2*1H. The normalized spacial score (nSPS) is 28.7. The summed E-state index contributed by atoms with van der Waals surface area (Å²) in [7, 11) is 0. The number of likely N-dealkylation sites (tertiary alicyclic amines) is 1. The van der Waals surface area contributed by atoms with E-state index in [1.165, 1.54) is 58.3 Å². The lowest BCUT2D eigenvalue weighted by Gasteiger charge is -2.36. The Hall–Kier alpha value is 0.500. The van der Waals surface area contributed by atoms with Crippen molar-refractivity contribution in [2.75, 3.05) is 26.2 Å². The van der Waals surface area contributed by atoms with Crippen LogP contribution < -0.4 is 5.32 Å². The molecule has 2 heterocycles. The molecule has 2 fully saturated rings. The smallest absolute Gasteiger partial charge is 0.0221 e. The highest BCUT2D eigenvalue weighted by molar-refractivity contribution is 5.85. The molecule has 4 heteroatoms. The number of hydrogen-bond acceptors (Lipinski definition) is 2. The van der Waals surface area contributed by atoms with Crippen LogP contribution in [-0.2, 0) is 0 Å². The van der Waals surface area contributed by atoms with Gasteiger partial charge >= 0.3 is 0 Å². The maximum Gasteiger partial charge on any atom is 0.0221 e. The lowest BCUT2D eigenvalue weighted by Crippen LogP contribution is -2.47. The van der Waals surface area contributed by atoms with E-state index in [1.807, 2.05) is 0 Å². The van der Waals surface area contributed by atoms with Gasteiger partial charge < -0.3 is 5.32 Å². The van der Waals surface area contributed by atoms with E-state index in [4.69, 9.17) is 0 Å². The molecule has 0 spiro atoms. The minimum absolute atomic E-state index is 0. The van der Waals surface area contributed by atoms with Crippen molar-refractivity contribution in [1.82, 2.24) is 10.2 Å². The first-order valence-corrected chi connectivity index (χ1v) is 5.41. The van der Waals surface area contributed by atoms with Crippen molar-refractivity contribution in [3.8, 4) is 0 Å². The Balaban J connectivity index is 0.000000845. The quantitative estimate of drug-likeness (QED) is 0.756. The van der Waals surface area contributed by atoms with Gasteiger partial charge in [0.25, 0.3) is 0 Å². The van der Waals surface area contributed by atoms with Gasteiger partial charge in [-0.3, -0.25) is 4.90 Å². The molecule has 1 N–H and O–H groups in total. The van der Waals surface area contributed by atoms with Crippen molar-refractivity contribution in [2.45, 2.75) is 38.1 Å². The van der Waals surface area contributed by atoms with Gasteiger partial charge in [-0.05, 0) is 45.3 Å². The van der Waals surface area contributed by atoms with Crippen LogP contribution >= 0.6 is 24.8 Å². The molecular weight excluding hydrogens is 219 g/mol. The highest BCUT2D eigenvalue weighted by Gasteiger charge is 2.21. The van der Waals surface area contributed by atoms with E-state index >= 15 is 0 Å². The SMILES string of the molecule is C1CCN(C2CCCNC2)CC1.Cl.Cl. The van der Waals surface area contributed by atoms with Crippen LogP contribution in [0.1, 0.15) is 32.1 Å². The van der Waals surface area contributed by atoms with Crippen LogP contribution in [0.5, 0.6) is 0 Å². The third kappa shape index (κ3) is 3.93. The zero-order valence-corrected chi connectivity index (χ0v) is 10.3. The van der Waals surface area contributed by atoms with E-state index in [2.05, 4.69) is 10.2 Å². The molecule has 2 aliphatic rings. The van der Waals surface area contributed by atoms with Gasteiger partial charge in [0.1, 0.15) is 0 Å². The summed E-state index contributed by atoms with van der Waals surface area (Å²) in [5.41, 5.74) is 0. The van der Waals surface area contributed by atoms with Crippen LogP contribution in [0.4, 0.5) is 0 Å². The van der Waals surface area contributed by atoms with Crippen LogP contribution in [0.15, 0.2) is 0 Å². The van der Waals surface area contributed by atoms with Crippen molar-refractivity contribution in [2.24, 2.45) is 0 Å². The molecule has 0 saturated carbocycles. The van der Waals surface area contributed by atoms with Crippen LogP contribution in [0.2, 0.25) is 0 Å². The molecule has 0 aromatic carbocycles. The van der Waals surface area contributed by atoms with E-state index in [9.17, 15) is 0 Å². The molecule has 0 aromatic rings. The predicted molar refractivity (Wildman–Crippen MR) is 65.8 cm³/mol. The Morgan fingerprint density at radius 1 is 0.929 bits per heavy atom. The lowest BCUT2D eigenvalue weighted by molar-refractivity contribution is 0.139. The largest absolute Gasteiger partial charge is 0.315 e. The maximum atomic E-state index is 3.49. The van der Waals surface area contributed by atoms with Crippen LogP contribution in [0.3, 0.4) is 0 Å². The third-order valence-electron chi connectivity index (χ3n) is 3.18. The van der Waals surface area contributed by atoms with E-state index in [-0.39, 0.29) is 24.8 Å². The Labute approximate surface area is 99.6 Å². The second-order valence-electron chi connectivity index (χ2n) is 4.10. The fourth-order valence-electron chi connectivity index (χ4n) is 2.43. The highest BCUT2D eigenvalue weighted by atomic mass is 35.5. The first kappa shape index (κ1) is 14.5. The molecule has 0 radical (unpaired) electrons. The maximum absolute atomic E-state index is 3.49. The summed E-state index contributed by atoms with van der Waals surface area (Å²) in [5, 5.41) is 3.49. The predicted octanol–water partition coefficient (Wildman–Crippen LogP) is 2.07. The summed E-state index contributed by atoms with van der Waals surface area (Å²) < 4.78 is 0. The van der Waals surface area contributed by atoms with Gasteiger partial charge in [-0.1, -0.05) is 6.42 Å². The number of nitrogens with zero attached hydrogens (tertiary/aromatic N) is 1. The lowest BCUT2D eigenvalue weighted by atomic mass is 10.0. The Morgan fingerprint density at radius 2 is 1.64 bits per heavy atom. The average molecular weight is 241 g/mol. The van der Waals surface area contributed by atoms with Gasteiger partial charge in [0.15, 0.2) is 0 Å². The second-order valence-corrected chi connectivity index (χ2v) is 4.10. The summed E-state index contributed by atoms with van der Waals surface area (Å²) in [4.78, 5) is 2.69. The van der Waals surface area contributed by atoms with Crippen LogP contribution in [0, 0.1) is 0 Å². The van der Waals surface area contributed by atoms with Gasteiger partial charge in [0.2, 0.25) is 0 Å². The molecule has 1 atom stereocenters. The Kier molecular flexibility index (Phi) is 8.02. The molecule has 86 valence electrons. The number of hydrogen-bond donors (Lipinski definition) is 1. The Morgan fingerprint density at radius 3 is 2.21 bits per heavy atom. The first-order chi connectivity index (χ1) is 5.97.